The molecule has 0 aromatic rings. The molecular formula is C15H27IN6O4. The van der Waals surface area contributed by atoms with Crippen LogP contribution in [0.5, 0.6) is 0 Å². The second-order valence-corrected chi connectivity index (χ2v) is 5.81. The molecule has 0 bridgehead atoms. The number of urea groups is 1. The first-order valence-corrected chi connectivity index (χ1v) is 8.52. The van der Waals surface area contributed by atoms with Gasteiger partial charge in [-0.1, -0.05) is 0 Å². The van der Waals surface area contributed by atoms with Crippen LogP contribution in [0.3, 0.4) is 0 Å². The molecule has 11 heteroatoms. The fraction of sp³-hybridized carbons (Fsp3) is 0.733. The highest BCUT2D eigenvalue weighted by Crippen LogP contribution is 2.11. The van der Waals surface area contributed by atoms with E-state index in [0.717, 1.165) is 12.8 Å². The lowest BCUT2D eigenvalue weighted by molar-refractivity contribution is -0.124. The third-order valence-corrected chi connectivity index (χ3v) is 4.15. The van der Waals surface area contributed by atoms with Crippen LogP contribution in [-0.2, 0) is 9.53 Å². The number of likely N-dealkylation sites (tertiary alicyclic amines) is 1. The first kappa shape index (κ1) is 22.3. The van der Waals surface area contributed by atoms with E-state index in [1.165, 1.54) is 4.90 Å². The standard InChI is InChI=1S/C15H26N6O4.HI/c1-3-25-15(24)20-7-4-11(5-8-20)19-13(16-2)17-6-9-21-12(22)10-18-14(21)23;/h11H,3-10H2,1-2H3,(H,18,23)(H2,16,17,19);1H. The molecule has 0 unspecified atom stereocenters. The van der Waals surface area contributed by atoms with Crippen molar-refractivity contribution < 1.29 is 19.1 Å². The third-order valence-electron chi connectivity index (χ3n) is 4.15. The van der Waals surface area contributed by atoms with Crippen molar-refractivity contribution >= 4 is 48.0 Å². The van der Waals surface area contributed by atoms with Gasteiger partial charge in [0.25, 0.3) is 0 Å². The van der Waals surface area contributed by atoms with Gasteiger partial charge in [-0.25, -0.2) is 9.59 Å². The topological polar surface area (TPSA) is 115 Å². The number of halogens is 1. The Bertz CT molecular complexity index is 520. The number of nitrogens with one attached hydrogen (secondary N) is 3. The molecule has 2 aliphatic rings. The summed E-state index contributed by atoms with van der Waals surface area (Å²) < 4.78 is 5.00. The van der Waals surface area contributed by atoms with E-state index in [1.54, 1.807) is 18.9 Å². The van der Waals surface area contributed by atoms with Gasteiger partial charge < -0.3 is 25.6 Å². The van der Waals surface area contributed by atoms with E-state index < -0.39 is 0 Å². The molecule has 26 heavy (non-hydrogen) atoms. The number of guanidine groups is 1. The fourth-order valence-corrected chi connectivity index (χ4v) is 2.78. The molecule has 2 fully saturated rings. The quantitative estimate of drug-likeness (QED) is 0.219. The van der Waals surface area contributed by atoms with E-state index in [0.29, 0.717) is 32.2 Å². The predicted octanol–water partition coefficient (Wildman–Crippen LogP) is -0.0579. The Hall–Kier alpha value is -1.79. The van der Waals surface area contributed by atoms with Gasteiger partial charge in [-0.3, -0.25) is 14.7 Å². The van der Waals surface area contributed by atoms with Crippen LogP contribution >= 0.6 is 24.0 Å². The lowest BCUT2D eigenvalue weighted by atomic mass is 10.1. The lowest BCUT2D eigenvalue weighted by Crippen LogP contribution is -2.51. The Labute approximate surface area is 170 Å². The van der Waals surface area contributed by atoms with Gasteiger partial charge in [-0.05, 0) is 19.8 Å². The number of hydrogen-bond acceptors (Lipinski definition) is 5. The van der Waals surface area contributed by atoms with Crippen molar-refractivity contribution in [3.8, 4) is 0 Å². The van der Waals surface area contributed by atoms with Crippen LogP contribution in [0.2, 0.25) is 0 Å². The second-order valence-electron chi connectivity index (χ2n) is 5.81. The highest BCUT2D eigenvalue weighted by atomic mass is 127. The van der Waals surface area contributed by atoms with Crippen molar-refractivity contribution in [1.82, 2.24) is 25.8 Å². The van der Waals surface area contributed by atoms with Crippen LogP contribution in [0.4, 0.5) is 9.59 Å². The molecule has 2 aliphatic heterocycles. The summed E-state index contributed by atoms with van der Waals surface area (Å²) in [4.78, 5) is 41.7. The minimum Gasteiger partial charge on any atom is -0.450 e. The Morgan fingerprint density at radius 2 is 2.04 bits per heavy atom. The molecule has 0 spiro atoms. The van der Waals surface area contributed by atoms with Gasteiger partial charge in [0.15, 0.2) is 5.96 Å². The maximum Gasteiger partial charge on any atom is 0.409 e. The molecule has 0 aromatic heterocycles. The number of carbonyl (C=O) groups is 3. The number of piperidine rings is 1. The van der Waals surface area contributed by atoms with Gasteiger partial charge in [0, 0.05) is 39.3 Å². The van der Waals surface area contributed by atoms with Gasteiger partial charge >= 0.3 is 12.1 Å². The number of hydrogen-bond donors (Lipinski definition) is 3. The van der Waals surface area contributed by atoms with Crippen LogP contribution in [0, 0.1) is 0 Å². The molecule has 4 amide bonds. The zero-order valence-corrected chi connectivity index (χ0v) is 17.4. The van der Waals surface area contributed by atoms with Crippen molar-refractivity contribution in [2.45, 2.75) is 25.8 Å². The van der Waals surface area contributed by atoms with Crippen LogP contribution < -0.4 is 16.0 Å². The van der Waals surface area contributed by atoms with Crippen molar-refractivity contribution in [2.24, 2.45) is 4.99 Å². The smallest absolute Gasteiger partial charge is 0.409 e. The molecule has 2 rings (SSSR count). The van der Waals surface area contributed by atoms with Gasteiger partial charge in [-0.15, -0.1) is 24.0 Å². The van der Waals surface area contributed by atoms with Crippen LogP contribution in [0.1, 0.15) is 19.8 Å². The van der Waals surface area contributed by atoms with E-state index in [2.05, 4.69) is 20.9 Å². The molecule has 0 radical (unpaired) electrons. The molecule has 0 aliphatic carbocycles. The highest BCUT2D eigenvalue weighted by molar-refractivity contribution is 14.0. The third kappa shape index (κ3) is 6.18. The molecule has 0 saturated carbocycles. The summed E-state index contributed by atoms with van der Waals surface area (Å²) in [6.45, 7) is 4.20. The molecule has 2 heterocycles. The van der Waals surface area contributed by atoms with Gasteiger partial charge in [0.1, 0.15) is 0 Å². The van der Waals surface area contributed by atoms with Crippen molar-refractivity contribution in [3.05, 3.63) is 0 Å². The van der Waals surface area contributed by atoms with Crippen LogP contribution in [0.15, 0.2) is 4.99 Å². The largest absolute Gasteiger partial charge is 0.450 e. The average Bonchev–Trinajstić information content (AvgIpc) is 2.93. The van der Waals surface area contributed by atoms with E-state index in [1.807, 2.05) is 0 Å². The number of aliphatic imine (C=N–C) groups is 1. The Morgan fingerprint density at radius 3 is 2.58 bits per heavy atom. The zero-order chi connectivity index (χ0) is 18.2. The van der Waals surface area contributed by atoms with Crippen molar-refractivity contribution in [1.29, 1.82) is 0 Å². The van der Waals surface area contributed by atoms with Crippen LogP contribution in [-0.4, -0.2) is 86.2 Å². The normalized spacial score (nSPS) is 18.3. The van der Waals surface area contributed by atoms with Gasteiger partial charge in [0.2, 0.25) is 5.91 Å². The first-order chi connectivity index (χ1) is 12.0. The minimum absolute atomic E-state index is 0. The molecule has 3 N–H and O–H groups in total. The molecule has 148 valence electrons. The summed E-state index contributed by atoms with van der Waals surface area (Å²) in [6, 6.07) is -0.158. The number of rotatable bonds is 5. The summed E-state index contributed by atoms with van der Waals surface area (Å²) in [7, 11) is 1.66. The summed E-state index contributed by atoms with van der Waals surface area (Å²) in [5, 5.41) is 8.88. The highest BCUT2D eigenvalue weighted by Gasteiger charge is 2.28. The Morgan fingerprint density at radius 1 is 1.35 bits per heavy atom. The summed E-state index contributed by atoms with van der Waals surface area (Å²) in [5.41, 5.74) is 0. The lowest BCUT2D eigenvalue weighted by Gasteiger charge is -2.32. The van der Waals surface area contributed by atoms with Crippen molar-refractivity contribution in [2.75, 3.05) is 46.4 Å². The number of nitrogens with zero attached hydrogens (tertiary/aromatic N) is 3. The Balaban J connectivity index is 0.00000338. The monoisotopic (exact) mass is 482 g/mol. The minimum atomic E-state index is -0.360. The molecule has 2 saturated heterocycles. The molecule has 0 atom stereocenters. The van der Waals surface area contributed by atoms with E-state index >= 15 is 0 Å². The summed E-state index contributed by atoms with van der Waals surface area (Å²) in [6.07, 6.45) is 1.33. The van der Waals surface area contributed by atoms with Gasteiger partial charge in [0.05, 0.1) is 13.2 Å². The number of carbonyl (C=O) groups excluding carboxylic acids is 3. The number of ether oxygens (including phenoxy) is 1. The second kappa shape index (κ2) is 11.0. The first-order valence-electron chi connectivity index (χ1n) is 8.52. The predicted molar refractivity (Wildman–Crippen MR) is 107 cm³/mol. The average molecular weight is 482 g/mol. The summed E-state index contributed by atoms with van der Waals surface area (Å²) in [5.74, 6) is 0.391. The summed E-state index contributed by atoms with van der Waals surface area (Å²) >= 11 is 0. The zero-order valence-electron chi connectivity index (χ0n) is 15.1. The SMILES string of the molecule is CCOC(=O)N1CCC(NC(=NC)NCCN2C(=O)CNC2=O)CC1.I. The molecular weight excluding hydrogens is 455 g/mol. The maximum absolute atomic E-state index is 11.7. The molecule has 10 nitrogen and oxygen atoms in total. The van der Waals surface area contributed by atoms with Gasteiger partial charge in [-0.2, -0.15) is 0 Å². The fourth-order valence-electron chi connectivity index (χ4n) is 2.78. The van der Waals surface area contributed by atoms with E-state index in [9.17, 15) is 14.4 Å². The Kier molecular flexibility index (Phi) is 9.44. The number of imide groups is 1. The maximum atomic E-state index is 11.7. The van der Waals surface area contributed by atoms with Crippen molar-refractivity contribution in [3.63, 3.8) is 0 Å². The van der Waals surface area contributed by atoms with Crippen LogP contribution in [0.25, 0.3) is 0 Å². The molecule has 0 aromatic carbocycles. The van der Waals surface area contributed by atoms with E-state index in [4.69, 9.17) is 4.74 Å². The van der Waals surface area contributed by atoms with E-state index in [-0.39, 0.29) is 61.1 Å². The number of amides is 4.